The van der Waals surface area contributed by atoms with Crippen LogP contribution in [0.5, 0.6) is 5.75 Å². The number of benzene rings is 3. The van der Waals surface area contributed by atoms with E-state index in [-0.39, 0.29) is 62.9 Å². The summed E-state index contributed by atoms with van der Waals surface area (Å²) < 4.78 is 88.1. The van der Waals surface area contributed by atoms with Crippen LogP contribution in [0.1, 0.15) is 33.5 Å². The van der Waals surface area contributed by atoms with Gasteiger partial charge in [0.15, 0.2) is 0 Å². The number of hydrogen-bond donors (Lipinski definition) is 3. The minimum atomic E-state index is -5.07. The van der Waals surface area contributed by atoms with E-state index in [1.54, 1.807) is 0 Å². The SMILES string of the molecule is NC(=O)N1CCN(CCOc2ccc(-c3cc(C(F)(F)F)cc(C(F)(F)F)c3)cc2C=C2SC(=S)N(CCC(=O)Nc3ccc(C(=O)O)cc3)C2=O)CC1. The molecular weight excluding hydrogens is 765 g/mol. The number of piperazine rings is 1. The van der Waals surface area contributed by atoms with Crippen LogP contribution in [-0.4, -0.2) is 93.8 Å². The quantitative estimate of drug-likeness (QED) is 0.114. The summed E-state index contributed by atoms with van der Waals surface area (Å²) in [6.07, 6.45) is -8.96. The van der Waals surface area contributed by atoms with E-state index in [0.717, 1.165) is 11.8 Å². The molecule has 2 saturated heterocycles. The summed E-state index contributed by atoms with van der Waals surface area (Å²) in [5, 5.41) is 11.7. The number of ether oxygens (including phenoxy) is 1. The molecule has 2 aliphatic heterocycles. The third-order valence-corrected chi connectivity index (χ3v) is 9.80. The average Bonchev–Trinajstić information content (AvgIpc) is 3.38. The predicted molar refractivity (Wildman–Crippen MR) is 192 cm³/mol. The monoisotopic (exact) mass is 795 g/mol. The molecular formula is C35H31F6N5O6S2. The predicted octanol–water partition coefficient (Wildman–Crippen LogP) is 6.39. The van der Waals surface area contributed by atoms with Crippen molar-refractivity contribution < 1.29 is 55.4 Å². The van der Waals surface area contributed by atoms with E-state index in [4.69, 9.17) is 27.8 Å². The van der Waals surface area contributed by atoms with Crippen molar-refractivity contribution in [1.29, 1.82) is 0 Å². The Balaban J connectivity index is 1.38. The number of amides is 4. The van der Waals surface area contributed by atoms with E-state index >= 15 is 0 Å². The van der Waals surface area contributed by atoms with Gasteiger partial charge in [-0.1, -0.05) is 30.0 Å². The zero-order valence-corrected chi connectivity index (χ0v) is 29.6. The molecule has 0 unspecified atom stereocenters. The molecule has 4 N–H and O–H groups in total. The number of thioether (sulfide) groups is 1. The number of halogens is 6. The van der Waals surface area contributed by atoms with E-state index < -0.39 is 47.3 Å². The number of thiocarbonyl (C=S) groups is 1. The van der Waals surface area contributed by atoms with E-state index in [1.165, 1.54) is 58.3 Å². The Morgan fingerprint density at radius 3 is 2.09 bits per heavy atom. The fourth-order valence-corrected chi connectivity index (χ4v) is 6.84. The smallest absolute Gasteiger partial charge is 0.416 e. The Labute approximate surface area is 313 Å². The Morgan fingerprint density at radius 2 is 1.52 bits per heavy atom. The van der Waals surface area contributed by atoms with E-state index in [9.17, 15) is 45.5 Å². The molecule has 286 valence electrons. The highest BCUT2D eigenvalue weighted by molar-refractivity contribution is 8.26. The van der Waals surface area contributed by atoms with Gasteiger partial charge in [-0.05, 0) is 71.8 Å². The molecule has 0 saturated carbocycles. The van der Waals surface area contributed by atoms with Gasteiger partial charge in [-0.3, -0.25) is 19.4 Å². The number of nitrogens with two attached hydrogens (primary N) is 1. The van der Waals surface area contributed by atoms with E-state index in [0.29, 0.717) is 50.5 Å². The summed E-state index contributed by atoms with van der Waals surface area (Å²) in [6.45, 7) is 2.25. The van der Waals surface area contributed by atoms with Crippen LogP contribution >= 0.6 is 24.0 Å². The summed E-state index contributed by atoms with van der Waals surface area (Å²) in [5.41, 5.74) is 2.49. The van der Waals surface area contributed by atoms with Gasteiger partial charge in [0.2, 0.25) is 5.91 Å². The Bertz CT molecular complexity index is 1950. The first kappa shape index (κ1) is 40.1. The molecule has 3 aromatic carbocycles. The first-order valence-corrected chi connectivity index (χ1v) is 17.3. The van der Waals surface area contributed by atoms with Crippen LogP contribution in [0.4, 0.5) is 36.8 Å². The van der Waals surface area contributed by atoms with Gasteiger partial charge in [0.1, 0.15) is 16.7 Å². The number of nitrogens with one attached hydrogen (secondary N) is 1. The number of carboxylic acid groups (broad SMARTS) is 1. The molecule has 2 aliphatic rings. The molecule has 0 bridgehead atoms. The fourth-order valence-electron chi connectivity index (χ4n) is 5.54. The van der Waals surface area contributed by atoms with Gasteiger partial charge >= 0.3 is 24.4 Å². The van der Waals surface area contributed by atoms with Gasteiger partial charge in [-0.15, -0.1) is 0 Å². The minimum Gasteiger partial charge on any atom is -0.492 e. The van der Waals surface area contributed by atoms with Crippen LogP contribution in [0, 0.1) is 0 Å². The van der Waals surface area contributed by atoms with Gasteiger partial charge < -0.3 is 25.8 Å². The first-order chi connectivity index (χ1) is 25.4. The molecule has 0 atom stereocenters. The number of anilines is 1. The number of carboxylic acids is 1. The standard InChI is InChI=1S/C35H31F6N5O6S2/c36-34(37,38)24-16-22(17-25(19-24)35(39,40)41)21-3-6-27(52-14-13-44-9-11-45(12-10-44)32(42)51)23(15-21)18-28-30(48)46(33(53)54-28)8-7-29(47)43-26-4-1-20(2-5-26)31(49)50/h1-6,15-19H,7-14H2,(H2,42,51)(H,43,47)(H,49,50). The highest BCUT2D eigenvalue weighted by Gasteiger charge is 2.37. The highest BCUT2D eigenvalue weighted by Crippen LogP contribution is 2.40. The van der Waals surface area contributed by atoms with Crippen molar-refractivity contribution in [2.45, 2.75) is 18.8 Å². The molecule has 5 rings (SSSR count). The zero-order valence-electron chi connectivity index (χ0n) is 28.0. The van der Waals surface area contributed by atoms with Crippen molar-refractivity contribution in [3.63, 3.8) is 0 Å². The number of nitrogens with zero attached hydrogens (tertiary/aromatic N) is 3. The maximum atomic E-state index is 13.7. The van der Waals surface area contributed by atoms with Crippen molar-refractivity contribution in [2.24, 2.45) is 5.73 Å². The van der Waals surface area contributed by atoms with Crippen molar-refractivity contribution in [3.8, 4) is 16.9 Å². The summed E-state index contributed by atoms with van der Waals surface area (Å²) in [7, 11) is 0. The summed E-state index contributed by atoms with van der Waals surface area (Å²) in [5.74, 6) is -2.04. The number of aromatic carboxylic acids is 1. The van der Waals surface area contributed by atoms with Crippen LogP contribution in [0.25, 0.3) is 17.2 Å². The number of urea groups is 1. The molecule has 54 heavy (non-hydrogen) atoms. The highest BCUT2D eigenvalue weighted by atomic mass is 32.2. The normalized spacial score (nSPS) is 16.2. The maximum Gasteiger partial charge on any atom is 0.416 e. The number of carbonyl (C=O) groups is 4. The van der Waals surface area contributed by atoms with Crippen molar-refractivity contribution in [1.82, 2.24) is 14.7 Å². The summed E-state index contributed by atoms with van der Waals surface area (Å²) >= 11 is 6.27. The topological polar surface area (TPSA) is 146 Å². The molecule has 4 amide bonds. The van der Waals surface area contributed by atoms with E-state index in [2.05, 4.69) is 5.32 Å². The molecule has 19 heteroatoms. The lowest BCUT2D eigenvalue weighted by molar-refractivity contribution is -0.143. The molecule has 2 heterocycles. The fraction of sp³-hybridized carbons (Fsp3) is 0.286. The Kier molecular flexibility index (Phi) is 12.2. The second-order valence-electron chi connectivity index (χ2n) is 12.1. The van der Waals surface area contributed by atoms with Crippen LogP contribution < -0.4 is 15.8 Å². The second-order valence-corrected chi connectivity index (χ2v) is 13.8. The van der Waals surface area contributed by atoms with Gasteiger partial charge in [0, 0.05) is 56.9 Å². The Hall–Kier alpha value is -5.14. The van der Waals surface area contributed by atoms with Crippen LogP contribution in [0.2, 0.25) is 0 Å². The molecule has 2 fully saturated rings. The van der Waals surface area contributed by atoms with Crippen LogP contribution in [-0.2, 0) is 21.9 Å². The lowest BCUT2D eigenvalue weighted by Crippen LogP contribution is -2.51. The number of alkyl halides is 6. The molecule has 0 aliphatic carbocycles. The maximum absolute atomic E-state index is 13.7. The number of carbonyl (C=O) groups excluding carboxylic acids is 3. The van der Waals surface area contributed by atoms with Crippen molar-refractivity contribution in [3.05, 3.63) is 87.8 Å². The molecule has 11 nitrogen and oxygen atoms in total. The second kappa shape index (κ2) is 16.5. The zero-order chi connectivity index (χ0) is 39.4. The van der Waals surface area contributed by atoms with E-state index in [1.807, 2.05) is 4.90 Å². The van der Waals surface area contributed by atoms with Crippen LogP contribution in [0.15, 0.2) is 65.6 Å². The van der Waals surface area contributed by atoms with Gasteiger partial charge in [-0.2, -0.15) is 26.3 Å². The molecule has 0 spiro atoms. The van der Waals surface area contributed by atoms with Crippen molar-refractivity contribution >= 4 is 63.9 Å². The Morgan fingerprint density at radius 1 is 0.889 bits per heavy atom. The minimum absolute atomic E-state index is 0.0173. The van der Waals surface area contributed by atoms with Gasteiger partial charge in [0.05, 0.1) is 21.6 Å². The molecule has 0 radical (unpaired) electrons. The largest absolute Gasteiger partial charge is 0.492 e. The molecule has 0 aromatic heterocycles. The van der Waals surface area contributed by atoms with Crippen LogP contribution in [0.3, 0.4) is 0 Å². The number of rotatable bonds is 11. The summed E-state index contributed by atoms with van der Waals surface area (Å²) in [6, 6.07) is 10.2. The molecule has 3 aromatic rings. The van der Waals surface area contributed by atoms with Gasteiger partial charge in [-0.25, -0.2) is 9.59 Å². The van der Waals surface area contributed by atoms with Crippen molar-refractivity contribution in [2.75, 3.05) is 51.2 Å². The lowest BCUT2D eigenvalue weighted by Gasteiger charge is -2.33. The third kappa shape index (κ3) is 10.1. The number of primary amides is 1. The van der Waals surface area contributed by atoms with Gasteiger partial charge in [0.25, 0.3) is 5.91 Å². The first-order valence-electron chi connectivity index (χ1n) is 16.1. The third-order valence-electron chi connectivity index (χ3n) is 8.42. The number of hydrogen-bond acceptors (Lipinski definition) is 8. The lowest BCUT2D eigenvalue weighted by atomic mass is 9.97. The average molecular weight is 796 g/mol. The summed E-state index contributed by atoms with van der Waals surface area (Å²) in [4.78, 5) is 53.4.